The van der Waals surface area contributed by atoms with Crippen molar-refractivity contribution >= 4 is 32.6 Å². The largest absolute Gasteiger partial charge is 0.378 e. The monoisotopic (exact) mass is 505 g/mol. The molecule has 2 amide bonds. The number of carbonyl (C=O) groups excluding carboxylic acids is 2. The molecule has 1 aliphatic rings. The first-order chi connectivity index (χ1) is 16.6. The van der Waals surface area contributed by atoms with Crippen LogP contribution < -0.4 is 5.48 Å². The third-order valence-electron chi connectivity index (χ3n) is 6.54. The summed E-state index contributed by atoms with van der Waals surface area (Å²) in [5, 5.41) is 10.9. The minimum atomic E-state index is -4.00. The first kappa shape index (κ1) is 27.1. The first-order valence-electron chi connectivity index (χ1n) is 11.8. The van der Waals surface area contributed by atoms with Gasteiger partial charge in [-0.1, -0.05) is 44.2 Å². The highest BCUT2D eigenvalue weighted by molar-refractivity contribution is 7.89. The molecular weight excluding hydrogens is 470 g/mol. The Labute approximate surface area is 207 Å². The van der Waals surface area contributed by atoms with Crippen molar-refractivity contribution in [1.82, 2.24) is 14.7 Å². The van der Waals surface area contributed by atoms with Crippen molar-refractivity contribution in [1.29, 1.82) is 0 Å². The lowest BCUT2D eigenvalue weighted by Gasteiger charge is -2.35. The number of aryl methyl sites for hydroxylation is 1. The number of ether oxygens (including phenoxy) is 1. The van der Waals surface area contributed by atoms with Gasteiger partial charge >= 0.3 is 0 Å². The molecule has 3 rings (SSSR count). The molecule has 1 aliphatic heterocycles. The van der Waals surface area contributed by atoms with Crippen molar-refractivity contribution in [3.63, 3.8) is 0 Å². The van der Waals surface area contributed by atoms with E-state index in [1.54, 1.807) is 34.6 Å². The van der Waals surface area contributed by atoms with E-state index in [1.807, 2.05) is 32.9 Å². The molecule has 1 fully saturated rings. The molecule has 0 aromatic heterocycles. The number of amides is 2. The third-order valence-corrected chi connectivity index (χ3v) is 8.42. The van der Waals surface area contributed by atoms with E-state index < -0.39 is 27.8 Å². The lowest BCUT2D eigenvalue weighted by Crippen LogP contribution is -2.50. The molecule has 0 unspecified atom stereocenters. The fourth-order valence-electron chi connectivity index (χ4n) is 4.65. The third kappa shape index (κ3) is 6.00. The van der Waals surface area contributed by atoms with Crippen LogP contribution in [0.2, 0.25) is 0 Å². The average Bonchev–Trinajstić information content (AvgIpc) is 2.85. The molecular formula is C25H35N3O6S. The molecule has 2 aromatic carbocycles. The van der Waals surface area contributed by atoms with Gasteiger partial charge in [0.05, 0.1) is 29.9 Å². The Morgan fingerprint density at radius 2 is 1.71 bits per heavy atom. The Balaban J connectivity index is 1.96. The van der Waals surface area contributed by atoms with Crippen LogP contribution in [0, 0.1) is 24.7 Å². The number of benzene rings is 2. The summed E-state index contributed by atoms with van der Waals surface area (Å²) < 4.78 is 33.7. The molecule has 2 N–H and O–H groups in total. The SMILES string of the molecule is Cc1cccc2c(S(=O)(=O)N(C)C[C@H](C(=O)NO)[C@@H](CC(C)C)C(=O)N3CCOCC3)cccc12. The van der Waals surface area contributed by atoms with Crippen LogP contribution >= 0.6 is 0 Å². The van der Waals surface area contributed by atoms with E-state index in [0.717, 1.165) is 15.3 Å². The van der Waals surface area contributed by atoms with Crippen LogP contribution in [0.4, 0.5) is 0 Å². The second kappa shape index (κ2) is 11.5. The molecule has 10 heteroatoms. The normalized spacial score (nSPS) is 16.5. The van der Waals surface area contributed by atoms with Gasteiger partial charge in [-0.25, -0.2) is 18.2 Å². The fraction of sp³-hybridized carbons (Fsp3) is 0.520. The van der Waals surface area contributed by atoms with Crippen molar-refractivity contribution in [3.8, 4) is 0 Å². The number of fused-ring (bicyclic) bond motifs is 1. The fourth-order valence-corrected chi connectivity index (χ4v) is 6.04. The number of sulfonamides is 1. The van der Waals surface area contributed by atoms with Gasteiger partial charge in [-0.15, -0.1) is 0 Å². The van der Waals surface area contributed by atoms with Gasteiger partial charge in [0, 0.05) is 32.1 Å². The van der Waals surface area contributed by atoms with Crippen LogP contribution in [-0.2, 0) is 24.3 Å². The summed E-state index contributed by atoms with van der Waals surface area (Å²) in [4.78, 5) is 28.0. The molecule has 35 heavy (non-hydrogen) atoms. The summed E-state index contributed by atoms with van der Waals surface area (Å²) in [6.45, 7) is 7.16. The highest BCUT2D eigenvalue weighted by Gasteiger charge is 2.39. The molecule has 1 saturated heterocycles. The zero-order valence-electron chi connectivity index (χ0n) is 20.7. The van der Waals surface area contributed by atoms with Crippen LogP contribution in [0.5, 0.6) is 0 Å². The number of morpholine rings is 1. The smallest absolute Gasteiger partial charge is 0.248 e. The van der Waals surface area contributed by atoms with E-state index in [1.165, 1.54) is 7.05 Å². The zero-order valence-corrected chi connectivity index (χ0v) is 21.5. The number of hydrogen-bond acceptors (Lipinski definition) is 6. The molecule has 0 radical (unpaired) electrons. The van der Waals surface area contributed by atoms with Crippen LogP contribution in [0.1, 0.15) is 25.8 Å². The van der Waals surface area contributed by atoms with Crippen molar-refractivity contribution < 1.29 is 28.0 Å². The maximum absolute atomic E-state index is 13.6. The number of rotatable bonds is 9. The molecule has 0 saturated carbocycles. The number of carbonyl (C=O) groups is 2. The maximum Gasteiger partial charge on any atom is 0.248 e. The molecule has 0 spiro atoms. The molecule has 0 aliphatic carbocycles. The number of hydroxylamine groups is 1. The zero-order chi connectivity index (χ0) is 25.8. The topological polar surface area (TPSA) is 116 Å². The standard InChI is InChI=1S/C25H35N3O6S/c1-17(2)15-21(25(30)28-11-13-34-14-12-28)22(24(29)26-31)16-27(4)35(32,33)23-10-6-8-19-18(3)7-5-9-20(19)23/h5-10,17,21-22,31H,11-16H2,1-4H3,(H,26,29)/t21-,22+/m1/s1. The summed E-state index contributed by atoms with van der Waals surface area (Å²) in [5.74, 6) is -2.82. The molecule has 0 bridgehead atoms. The highest BCUT2D eigenvalue weighted by Crippen LogP contribution is 2.30. The first-order valence-corrected chi connectivity index (χ1v) is 13.3. The van der Waals surface area contributed by atoms with Crippen molar-refractivity contribution in [2.75, 3.05) is 39.9 Å². The summed E-state index contributed by atoms with van der Waals surface area (Å²) in [7, 11) is -2.61. The lowest BCUT2D eigenvalue weighted by molar-refractivity contribution is -0.148. The lowest BCUT2D eigenvalue weighted by atomic mass is 9.83. The summed E-state index contributed by atoms with van der Waals surface area (Å²) in [6.07, 6.45) is 0.371. The maximum atomic E-state index is 13.6. The summed E-state index contributed by atoms with van der Waals surface area (Å²) >= 11 is 0. The van der Waals surface area contributed by atoms with Crippen molar-refractivity contribution in [2.45, 2.75) is 32.1 Å². The van der Waals surface area contributed by atoms with Gasteiger partial charge in [0.1, 0.15) is 0 Å². The van der Waals surface area contributed by atoms with E-state index >= 15 is 0 Å². The average molecular weight is 506 g/mol. The van der Waals surface area contributed by atoms with Crippen molar-refractivity contribution in [2.24, 2.45) is 17.8 Å². The van der Waals surface area contributed by atoms with E-state index in [-0.39, 0.29) is 23.3 Å². The van der Waals surface area contributed by atoms with Crippen LogP contribution in [-0.4, -0.2) is 74.5 Å². The van der Waals surface area contributed by atoms with Gasteiger partial charge in [0.15, 0.2) is 0 Å². The van der Waals surface area contributed by atoms with Crippen LogP contribution in [0.3, 0.4) is 0 Å². The van der Waals surface area contributed by atoms with Gasteiger partial charge in [-0.2, -0.15) is 0 Å². The Kier molecular flexibility index (Phi) is 8.87. The molecule has 9 nitrogen and oxygen atoms in total. The minimum absolute atomic E-state index is 0.0712. The molecule has 192 valence electrons. The van der Waals surface area contributed by atoms with Gasteiger partial charge in [-0.05, 0) is 36.3 Å². The minimum Gasteiger partial charge on any atom is -0.378 e. The second-order valence-electron chi connectivity index (χ2n) is 9.47. The van der Waals surface area contributed by atoms with Gasteiger partial charge in [0.2, 0.25) is 21.8 Å². The van der Waals surface area contributed by atoms with Crippen molar-refractivity contribution in [3.05, 3.63) is 42.0 Å². The highest BCUT2D eigenvalue weighted by atomic mass is 32.2. The van der Waals surface area contributed by atoms with Gasteiger partial charge in [-0.3, -0.25) is 14.8 Å². The second-order valence-corrected chi connectivity index (χ2v) is 11.5. The van der Waals surface area contributed by atoms with Gasteiger partial charge in [0.25, 0.3) is 0 Å². The number of hydrogen-bond donors (Lipinski definition) is 2. The molecule has 1 heterocycles. The quantitative estimate of drug-likeness (QED) is 0.399. The van der Waals surface area contributed by atoms with Crippen LogP contribution in [0.25, 0.3) is 10.8 Å². The van der Waals surface area contributed by atoms with E-state index in [2.05, 4.69) is 0 Å². The van der Waals surface area contributed by atoms with E-state index in [0.29, 0.717) is 38.1 Å². The van der Waals surface area contributed by atoms with Crippen LogP contribution in [0.15, 0.2) is 41.3 Å². The summed E-state index contributed by atoms with van der Waals surface area (Å²) in [6, 6.07) is 10.6. The Morgan fingerprint density at radius 3 is 2.34 bits per heavy atom. The van der Waals surface area contributed by atoms with E-state index in [4.69, 9.17) is 4.74 Å². The Bertz CT molecular complexity index is 1160. The predicted octanol–water partition coefficient (Wildman–Crippen LogP) is 2.41. The summed E-state index contributed by atoms with van der Waals surface area (Å²) in [5.41, 5.74) is 2.61. The Hall–Kier alpha value is -2.53. The number of nitrogens with one attached hydrogen (secondary N) is 1. The van der Waals surface area contributed by atoms with E-state index in [9.17, 15) is 23.2 Å². The van der Waals surface area contributed by atoms with Gasteiger partial charge < -0.3 is 9.64 Å². The predicted molar refractivity (Wildman–Crippen MR) is 132 cm³/mol. The Morgan fingerprint density at radius 1 is 1.09 bits per heavy atom. The molecule has 2 atom stereocenters. The molecule has 2 aromatic rings. The number of nitrogens with zero attached hydrogens (tertiary/aromatic N) is 2.